The van der Waals surface area contributed by atoms with E-state index in [0.29, 0.717) is 17.5 Å². The molecule has 0 radical (unpaired) electrons. The SMILES string of the molecule is CCC(C)CC(CC)NC(C)c1ccc(F)cc1F. The Morgan fingerprint density at radius 3 is 2.32 bits per heavy atom. The first-order valence-electron chi connectivity index (χ1n) is 7.18. The molecule has 0 aliphatic heterocycles. The van der Waals surface area contributed by atoms with Crippen molar-refractivity contribution in [3.63, 3.8) is 0 Å². The van der Waals surface area contributed by atoms with Crippen LogP contribution in [0.25, 0.3) is 0 Å². The molecular weight excluding hydrogens is 244 g/mol. The maximum Gasteiger partial charge on any atom is 0.130 e. The Bertz CT molecular complexity index is 392. The van der Waals surface area contributed by atoms with Crippen molar-refractivity contribution in [3.8, 4) is 0 Å². The molecule has 1 rings (SSSR count). The standard InChI is InChI=1S/C16H25F2N/c1-5-11(3)9-14(6-2)19-12(4)15-8-7-13(17)10-16(15)18/h7-8,10-12,14,19H,5-6,9H2,1-4H3. The fraction of sp³-hybridized carbons (Fsp3) is 0.625. The van der Waals surface area contributed by atoms with Crippen molar-refractivity contribution in [2.24, 2.45) is 5.92 Å². The van der Waals surface area contributed by atoms with Crippen LogP contribution in [0, 0.1) is 17.6 Å². The normalized spacial score (nSPS) is 16.1. The molecule has 3 atom stereocenters. The molecule has 3 unspecified atom stereocenters. The summed E-state index contributed by atoms with van der Waals surface area (Å²) in [5, 5.41) is 3.45. The van der Waals surface area contributed by atoms with E-state index < -0.39 is 11.6 Å². The molecule has 3 heteroatoms. The van der Waals surface area contributed by atoms with Crippen LogP contribution < -0.4 is 5.32 Å². The van der Waals surface area contributed by atoms with Crippen LogP contribution in [0.5, 0.6) is 0 Å². The van der Waals surface area contributed by atoms with Crippen LogP contribution in [0.2, 0.25) is 0 Å². The summed E-state index contributed by atoms with van der Waals surface area (Å²) < 4.78 is 26.6. The molecule has 0 aliphatic rings. The van der Waals surface area contributed by atoms with Crippen molar-refractivity contribution in [2.75, 3.05) is 0 Å². The van der Waals surface area contributed by atoms with Gasteiger partial charge in [0.25, 0.3) is 0 Å². The van der Waals surface area contributed by atoms with Gasteiger partial charge < -0.3 is 5.32 Å². The van der Waals surface area contributed by atoms with Crippen molar-refractivity contribution < 1.29 is 8.78 Å². The van der Waals surface area contributed by atoms with Crippen LogP contribution >= 0.6 is 0 Å². The maximum absolute atomic E-state index is 13.7. The third-order valence-electron chi connectivity index (χ3n) is 3.79. The van der Waals surface area contributed by atoms with Crippen LogP contribution in [-0.2, 0) is 0 Å². The summed E-state index contributed by atoms with van der Waals surface area (Å²) in [6.45, 7) is 8.47. The minimum absolute atomic E-state index is 0.102. The zero-order chi connectivity index (χ0) is 14.4. The Balaban J connectivity index is 2.68. The van der Waals surface area contributed by atoms with E-state index >= 15 is 0 Å². The quantitative estimate of drug-likeness (QED) is 0.747. The number of halogens is 2. The minimum Gasteiger partial charge on any atom is -0.307 e. The average Bonchev–Trinajstić information content (AvgIpc) is 2.37. The molecule has 0 spiro atoms. The predicted molar refractivity (Wildman–Crippen MR) is 76.1 cm³/mol. The highest BCUT2D eigenvalue weighted by Crippen LogP contribution is 2.20. The highest BCUT2D eigenvalue weighted by molar-refractivity contribution is 5.21. The van der Waals surface area contributed by atoms with Gasteiger partial charge in [-0.1, -0.05) is 33.3 Å². The fourth-order valence-corrected chi connectivity index (χ4v) is 2.30. The Morgan fingerprint density at radius 1 is 1.11 bits per heavy atom. The summed E-state index contributed by atoms with van der Waals surface area (Å²) in [4.78, 5) is 0. The second-order valence-corrected chi connectivity index (χ2v) is 5.41. The molecule has 1 N–H and O–H groups in total. The van der Waals surface area contributed by atoms with Gasteiger partial charge in [-0.2, -0.15) is 0 Å². The molecule has 0 aliphatic carbocycles. The summed E-state index contributed by atoms with van der Waals surface area (Å²) in [5.41, 5.74) is 0.531. The smallest absolute Gasteiger partial charge is 0.130 e. The lowest BCUT2D eigenvalue weighted by Crippen LogP contribution is -2.32. The average molecular weight is 269 g/mol. The van der Waals surface area contributed by atoms with Crippen LogP contribution in [0.4, 0.5) is 8.78 Å². The van der Waals surface area contributed by atoms with Gasteiger partial charge in [-0.25, -0.2) is 8.78 Å². The van der Waals surface area contributed by atoms with Crippen molar-refractivity contribution in [1.82, 2.24) is 5.32 Å². The van der Waals surface area contributed by atoms with E-state index in [0.717, 1.165) is 25.3 Å². The molecule has 1 aromatic rings. The molecule has 0 saturated carbocycles. The summed E-state index contributed by atoms with van der Waals surface area (Å²) in [6.07, 6.45) is 3.25. The van der Waals surface area contributed by atoms with E-state index in [1.165, 1.54) is 12.1 Å². The Morgan fingerprint density at radius 2 is 1.79 bits per heavy atom. The number of benzene rings is 1. The van der Waals surface area contributed by atoms with E-state index in [1.807, 2.05) is 6.92 Å². The molecule has 108 valence electrons. The first kappa shape index (κ1) is 16.1. The zero-order valence-electron chi connectivity index (χ0n) is 12.3. The van der Waals surface area contributed by atoms with Gasteiger partial charge >= 0.3 is 0 Å². The maximum atomic E-state index is 13.7. The van der Waals surface area contributed by atoms with E-state index in [9.17, 15) is 8.78 Å². The second-order valence-electron chi connectivity index (χ2n) is 5.41. The highest BCUT2D eigenvalue weighted by Gasteiger charge is 2.17. The first-order valence-corrected chi connectivity index (χ1v) is 7.18. The summed E-state index contributed by atoms with van der Waals surface area (Å²) in [7, 11) is 0. The molecule has 0 bridgehead atoms. The molecule has 19 heavy (non-hydrogen) atoms. The zero-order valence-corrected chi connectivity index (χ0v) is 12.3. The van der Waals surface area contributed by atoms with Crippen LogP contribution in [0.1, 0.15) is 58.6 Å². The van der Waals surface area contributed by atoms with Crippen molar-refractivity contribution >= 4 is 0 Å². The fourth-order valence-electron chi connectivity index (χ4n) is 2.30. The number of hydrogen-bond donors (Lipinski definition) is 1. The highest BCUT2D eigenvalue weighted by atomic mass is 19.1. The van der Waals surface area contributed by atoms with E-state index in [1.54, 1.807) is 0 Å². The van der Waals surface area contributed by atoms with Crippen LogP contribution in [-0.4, -0.2) is 6.04 Å². The molecule has 0 heterocycles. The van der Waals surface area contributed by atoms with Gasteiger partial charge in [0.2, 0.25) is 0 Å². The van der Waals surface area contributed by atoms with Crippen molar-refractivity contribution in [2.45, 2.75) is 59.0 Å². The third kappa shape index (κ3) is 4.90. The monoisotopic (exact) mass is 269 g/mol. The number of rotatable bonds is 7. The number of hydrogen-bond acceptors (Lipinski definition) is 1. The largest absolute Gasteiger partial charge is 0.307 e. The Kier molecular flexibility index (Phi) is 6.43. The number of nitrogens with one attached hydrogen (secondary N) is 1. The lowest BCUT2D eigenvalue weighted by Gasteiger charge is -2.25. The van der Waals surface area contributed by atoms with Gasteiger partial charge in [-0.05, 0) is 31.7 Å². The van der Waals surface area contributed by atoms with Gasteiger partial charge in [-0.3, -0.25) is 0 Å². The molecule has 0 amide bonds. The summed E-state index contributed by atoms with van der Waals surface area (Å²) in [6, 6.07) is 4.05. The molecule has 1 aromatic carbocycles. The van der Waals surface area contributed by atoms with Crippen molar-refractivity contribution in [1.29, 1.82) is 0 Å². The van der Waals surface area contributed by atoms with Gasteiger partial charge in [-0.15, -0.1) is 0 Å². The van der Waals surface area contributed by atoms with E-state index in [4.69, 9.17) is 0 Å². The van der Waals surface area contributed by atoms with Crippen molar-refractivity contribution in [3.05, 3.63) is 35.4 Å². The third-order valence-corrected chi connectivity index (χ3v) is 3.79. The molecule has 0 fully saturated rings. The molecule has 0 aromatic heterocycles. The van der Waals surface area contributed by atoms with Gasteiger partial charge in [0, 0.05) is 23.7 Å². The second kappa shape index (κ2) is 7.59. The van der Waals surface area contributed by atoms with Crippen LogP contribution in [0.3, 0.4) is 0 Å². The lowest BCUT2D eigenvalue weighted by molar-refractivity contribution is 0.355. The molecule has 0 saturated heterocycles. The molecular formula is C16H25F2N. The molecule has 1 nitrogen and oxygen atoms in total. The predicted octanol–water partition coefficient (Wildman–Crippen LogP) is 4.83. The Hall–Kier alpha value is -0.960. The first-order chi connectivity index (χ1) is 8.97. The van der Waals surface area contributed by atoms with Gasteiger partial charge in [0.05, 0.1) is 0 Å². The van der Waals surface area contributed by atoms with E-state index in [-0.39, 0.29) is 6.04 Å². The van der Waals surface area contributed by atoms with Gasteiger partial charge in [0.15, 0.2) is 0 Å². The van der Waals surface area contributed by atoms with Crippen LogP contribution in [0.15, 0.2) is 18.2 Å². The summed E-state index contributed by atoms with van der Waals surface area (Å²) in [5.74, 6) is -0.346. The van der Waals surface area contributed by atoms with E-state index in [2.05, 4.69) is 26.1 Å². The van der Waals surface area contributed by atoms with Gasteiger partial charge in [0.1, 0.15) is 11.6 Å². The lowest BCUT2D eigenvalue weighted by atomic mass is 9.96. The topological polar surface area (TPSA) is 12.0 Å². The summed E-state index contributed by atoms with van der Waals surface area (Å²) >= 11 is 0. The Labute approximate surface area is 115 Å². The minimum atomic E-state index is -0.528.